The van der Waals surface area contributed by atoms with Gasteiger partial charge in [0.25, 0.3) is 5.91 Å². The minimum Gasteiger partial charge on any atom is -0.484 e. The predicted molar refractivity (Wildman–Crippen MR) is 72.4 cm³/mol. The molecule has 5 heteroatoms. The van der Waals surface area contributed by atoms with Crippen molar-refractivity contribution in [1.82, 2.24) is 5.32 Å². The van der Waals surface area contributed by atoms with Gasteiger partial charge in [0.15, 0.2) is 12.4 Å². The first-order valence-electron chi connectivity index (χ1n) is 6.63. The first-order valence-corrected chi connectivity index (χ1v) is 6.63. The molecule has 0 atom stereocenters. The van der Waals surface area contributed by atoms with E-state index in [1.165, 1.54) is 0 Å². The molecule has 1 aliphatic rings. The lowest BCUT2D eigenvalue weighted by Gasteiger charge is -2.15. The first kappa shape index (κ1) is 14.1. The number of fused-ring (bicyclic) bond motifs is 1. The Morgan fingerprint density at radius 1 is 1.40 bits per heavy atom. The molecule has 104 valence electrons. The van der Waals surface area contributed by atoms with E-state index in [2.05, 4.69) is 5.32 Å². The second-order valence-corrected chi connectivity index (χ2v) is 4.64. The highest BCUT2D eigenvalue weighted by Gasteiger charge is 2.17. The molecule has 0 radical (unpaired) electrons. The summed E-state index contributed by atoms with van der Waals surface area (Å²) in [6, 6.07) is 7.25. The van der Waals surface area contributed by atoms with Gasteiger partial charge in [-0.15, -0.1) is 0 Å². The van der Waals surface area contributed by atoms with Gasteiger partial charge in [0.05, 0.1) is 12.5 Å². The van der Waals surface area contributed by atoms with E-state index in [0.29, 0.717) is 18.7 Å². The van der Waals surface area contributed by atoms with Crippen LogP contribution in [0.2, 0.25) is 0 Å². The highest BCUT2D eigenvalue weighted by Crippen LogP contribution is 2.25. The van der Waals surface area contributed by atoms with Gasteiger partial charge in [-0.05, 0) is 36.6 Å². The number of nitrogens with zero attached hydrogens (tertiary/aromatic N) is 1. The number of nitriles is 1. The smallest absolute Gasteiger partial charge is 0.257 e. The summed E-state index contributed by atoms with van der Waals surface area (Å²) >= 11 is 0. The second-order valence-electron chi connectivity index (χ2n) is 4.64. The standard InChI is InChI=1S/C15H16N2O3/c16-7-2-8-17-15(19)10-20-12-5-6-13-11(9-12)3-1-4-14(13)18/h5-6,9H,1-4,8,10H2,(H,17,19). The van der Waals surface area contributed by atoms with Crippen molar-refractivity contribution in [1.29, 1.82) is 5.26 Å². The maximum atomic E-state index is 11.7. The number of nitrogens with one attached hydrogen (secondary N) is 1. The van der Waals surface area contributed by atoms with Crippen molar-refractivity contribution >= 4 is 11.7 Å². The Morgan fingerprint density at radius 3 is 3.05 bits per heavy atom. The van der Waals surface area contributed by atoms with Gasteiger partial charge in [0.2, 0.25) is 0 Å². The van der Waals surface area contributed by atoms with Crippen LogP contribution < -0.4 is 10.1 Å². The largest absolute Gasteiger partial charge is 0.484 e. The van der Waals surface area contributed by atoms with Crippen molar-refractivity contribution in [3.63, 3.8) is 0 Å². The van der Waals surface area contributed by atoms with Crippen LogP contribution in [0.15, 0.2) is 18.2 Å². The van der Waals surface area contributed by atoms with Crippen LogP contribution in [0.5, 0.6) is 5.75 Å². The predicted octanol–water partition coefficient (Wildman–Crippen LogP) is 1.61. The summed E-state index contributed by atoms with van der Waals surface area (Å²) in [6.07, 6.45) is 2.62. The number of ether oxygens (including phenoxy) is 1. The maximum Gasteiger partial charge on any atom is 0.257 e. The fourth-order valence-corrected chi connectivity index (χ4v) is 2.17. The molecule has 0 heterocycles. The molecule has 1 N–H and O–H groups in total. The van der Waals surface area contributed by atoms with Crippen molar-refractivity contribution < 1.29 is 14.3 Å². The van der Waals surface area contributed by atoms with Gasteiger partial charge in [0.1, 0.15) is 5.75 Å². The Kier molecular flexibility index (Phi) is 4.72. The summed E-state index contributed by atoms with van der Waals surface area (Å²) in [5.74, 6) is 0.509. The average molecular weight is 272 g/mol. The molecule has 0 saturated carbocycles. The number of hydrogen-bond donors (Lipinski definition) is 1. The number of rotatable bonds is 5. The van der Waals surface area contributed by atoms with Crippen molar-refractivity contribution in [2.45, 2.75) is 25.7 Å². The lowest BCUT2D eigenvalue weighted by molar-refractivity contribution is -0.123. The van der Waals surface area contributed by atoms with Crippen LogP contribution in [0.25, 0.3) is 0 Å². The molecule has 0 aromatic heterocycles. The van der Waals surface area contributed by atoms with Crippen molar-refractivity contribution in [2.75, 3.05) is 13.2 Å². The summed E-state index contributed by atoms with van der Waals surface area (Å²) in [5, 5.41) is 10.9. The highest BCUT2D eigenvalue weighted by molar-refractivity contribution is 5.98. The summed E-state index contributed by atoms with van der Waals surface area (Å²) in [5.41, 5.74) is 1.76. The molecule has 2 rings (SSSR count). The van der Waals surface area contributed by atoms with E-state index in [1.54, 1.807) is 12.1 Å². The van der Waals surface area contributed by atoms with E-state index in [1.807, 2.05) is 12.1 Å². The normalized spacial score (nSPS) is 13.2. The van der Waals surface area contributed by atoms with Crippen LogP contribution in [0.1, 0.15) is 35.2 Å². The van der Waals surface area contributed by atoms with E-state index < -0.39 is 0 Å². The number of carbonyl (C=O) groups excluding carboxylic acids is 2. The molecule has 1 aromatic rings. The van der Waals surface area contributed by atoms with Crippen molar-refractivity contribution in [2.24, 2.45) is 0 Å². The van der Waals surface area contributed by atoms with Crippen LogP contribution >= 0.6 is 0 Å². The molecule has 0 saturated heterocycles. The van der Waals surface area contributed by atoms with Gasteiger partial charge in [-0.2, -0.15) is 5.26 Å². The maximum absolute atomic E-state index is 11.7. The fraction of sp³-hybridized carbons (Fsp3) is 0.400. The molecular formula is C15H16N2O3. The number of benzene rings is 1. The Balaban J connectivity index is 1.89. The molecule has 20 heavy (non-hydrogen) atoms. The topological polar surface area (TPSA) is 79.2 Å². The van der Waals surface area contributed by atoms with Gasteiger partial charge in [0, 0.05) is 18.5 Å². The minimum atomic E-state index is -0.256. The number of carbonyl (C=O) groups is 2. The van der Waals surface area contributed by atoms with E-state index in [9.17, 15) is 9.59 Å². The summed E-state index contributed by atoms with van der Waals surface area (Å²) < 4.78 is 5.39. The molecule has 0 bridgehead atoms. The van der Waals surface area contributed by atoms with Gasteiger partial charge in [-0.3, -0.25) is 9.59 Å². The summed E-state index contributed by atoms with van der Waals surface area (Å²) in [7, 11) is 0. The molecular weight excluding hydrogens is 256 g/mol. The van der Waals surface area contributed by atoms with Gasteiger partial charge >= 0.3 is 0 Å². The molecule has 0 spiro atoms. The number of aryl methyl sites for hydroxylation is 1. The third kappa shape index (κ3) is 3.58. The Labute approximate surface area is 117 Å². The minimum absolute atomic E-state index is 0.0852. The quantitative estimate of drug-likeness (QED) is 0.826. The van der Waals surface area contributed by atoms with E-state index in [-0.39, 0.29) is 24.7 Å². The zero-order valence-corrected chi connectivity index (χ0v) is 11.1. The molecule has 0 fully saturated rings. The van der Waals surface area contributed by atoms with Gasteiger partial charge < -0.3 is 10.1 Å². The monoisotopic (exact) mass is 272 g/mol. The lowest BCUT2D eigenvalue weighted by Crippen LogP contribution is -2.29. The van der Waals surface area contributed by atoms with Crippen LogP contribution in [0.3, 0.4) is 0 Å². The zero-order chi connectivity index (χ0) is 14.4. The first-order chi connectivity index (χ1) is 9.70. The Morgan fingerprint density at radius 2 is 2.25 bits per heavy atom. The summed E-state index contributed by atoms with van der Waals surface area (Å²) in [4.78, 5) is 23.1. The summed E-state index contributed by atoms with van der Waals surface area (Å²) in [6.45, 7) is 0.246. The van der Waals surface area contributed by atoms with E-state index in [0.717, 1.165) is 24.0 Å². The van der Waals surface area contributed by atoms with E-state index >= 15 is 0 Å². The van der Waals surface area contributed by atoms with Crippen LogP contribution in [-0.4, -0.2) is 24.8 Å². The Hall–Kier alpha value is -2.35. The number of hydrogen-bond acceptors (Lipinski definition) is 4. The molecule has 0 unspecified atom stereocenters. The number of Topliss-reactive ketones (excluding diaryl/α,β-unsaturated/α-hetero) is 1. The lowest BCUT2D eigenvalue weighted by atomic mass is 9.91. The van der Waals surface area contributed by atoms with E-state index in [4.69, 9.17) is 10.00 Å². The van der Waals surface area contributed by atoms with Crippen LogP contribution in [0, 0.1) is 11.3 Å². The zero-order valence-electron chi connectivity index (χ0n) is 11.1. The SMILES string of the molecule is N#CCCNC(=O)COc1ccc2c(c1)CCCC2=O. The fourth-order valence-electron chi connectivity index (χ4n) is 2.17. The van der Waals surface area contributed by atoms with Crippen molar-refractivity contribution in [3.8, 4) is 11.8 Å². The number of amides is 1. The molecule has 0 aliphatic heterocycles. The molecule has 1 aromatic carbocycles. The average Bonchev–Trinajstić information content (AvgIpc) is 2.45. The van der Waals surface area contributed by atoms with Crippen LogP contribution in [-0.2, 0) is 11.2 Å². The molecule has 5 nitrogen and oxygen atoms in total. The van der Waals surface area contributed by atoms with Gasteiger partial charge in [-0.1, -0.05) is 0 Å². The highest BCUT2D eigenvalue weighted by atomic mass is 16.5. The molecule has 1 aliphatic carbocycles. The third-order valence-electron chi connectivity index (χ3n) is 3.16. The third-order valence-corrected chi connectivity index (χ3v) is 3.16. The second kappa shape index (κ2) is 6.71. The Bertz CT molecular complexity index is 561. The molecule has 1 amide bonds. The van der Waals surface area contributed by atoms with Crippen LogP contribution in [0.4, 0.5) is 0 Å². The van der Waals surface area contributed by atoms with Gasteiger partial charge in [-0.25, -0.2) is 0 Å². The number of ketones is 1. The van der Waals surface area contributed by atoms with Crippen molar-refractivity contribution in [3.05, 3.63) is 29.3 Å².